The number of carbonyl (C=O) groups excluding carboxylic acids is 1. The van der Waals surface area contributed by atoms with Crippen molar-refractivity contribution in [3.05, 3.63) is 29.3 Å². The van der Waals surface area contributed by atoms with E-state index in [1.54, 1.807) is 25.1 Å². The van der Waals surface area contributed by atoms with Crippen LogP contribution in [0.4, 0.5) is 0 Å². The van der Waals surface area contributed by atoms with Gasteiger partial charge in [0.2, 0.25) is 0 Å². The monoisotopic (exact) mass is 276 g/mol. The first kappa shape index (κ1) is 14.9. The molecule has 0 aliphatic heterocycles. The molecule has 0 saturated heterocycles. The summed E-state index contributed by atoms with van der Waals surface area (Å²) in [6, 6.07) is 6.00. The predicted octanol–water partition coefficient (Wildman–Crippen LogP) is 2.30. The first-order chi connectivity index (χ1) is 9.54. The lowest BCUT2D eigenvalue weighted by molar-refractivity contribution is 0.0684. The van der Waals surface area contributed by atoms with Crippen molar-refractivity contribution in [3.63, 3.8) is 0 Å². The fourth-order valence-electron chi connectivity index (χ4n) is 2.96. The molecule has 0 unspecified atom stereocenters. The summed E-state index contributed by atoms with van der Waals surface area (Å²) in [5.74, 6) is 0.189. The van der Waals surface area contributed by atoms with Crippen molar-refractivity contribution < 1.29 is 9.90 Å². The van der Waals surface area contributed by atoms with Gasteiger partial charge in [-0.05, 0) is 51.8 Å². The normalized spacial score (nSPS) is 22.6. The van der Waals surface area contributed by atoms with Crippen molar-refractivity contribution in [3.8, 4) is 5.75 Å². The molecule has 0 bridgehead atoms. The van der Waals surface area contributed by atoms with E-state index < -0.39 is 0 Å². The molecule has 4 nitrogen and oxygen atoms in total. The summed E-state index contributed by atoms with van der Waals surface area (Å²) in [5, 5.41) is 13.0. The zero-order valence-electron chi connectivity index (χ0n) is 12.5. The fourth-order valence-corrected chi connectivity index (χ4v) is 2.96. The Labute approximate surface area is 120 Å². The Morgan fingerprint density at radius 1 is 1.30 bits per heavy atom. The van der Waals surface area contributed by atoms with Crippen LogP contribution in [0.2, 0.25) is 0 Å². The van der Waals surface area contributed by atoms with Crippen LogP contribution in [-0.2, 0) is 0 Å². The average Bonchev–Trinajstić information content (AvgIpc) is 2.48. The Kier molecular flexibility index (Phi) is 4.65. The average molecular weight is 276 g/mol. The SMILES string of the molecule is CNC1CCC(N(C)C(=O)c2cccc(O)c2C)CC1. The summed E-state index contributed by atoms with van der Waals surface area (Å²) in [4.78, 5) is 14.4. The van der Waals surface area contributed by atoms with Crippen LogP contribution in [0.3, 0.4) is 0 Å². The molecule has 1 fully saturated rings. The van der Waals surface area contributed by atoms with Gasteiger partial charge in [-0.1, -0.05) is 6.07 Å². The highest BCUT2D eigenvalue weighted by molar-refractivity contribution is 5.96. The molecule has 1 aliphatic rings. The maximum atomic E-state index is 12.6. The van der Waals surface area contributed by atoms with E-state index in [1.165, 1.54) is 0 Å². The largest absolute Gasteiger partial charge is 0.508 e. The van der Waals surface area contributed by atoms with Gasteiger partial charge in [-0.25, -0.2) is 0 Å². The highest BCUT2D eigenvalue weighted by atomic mass is 16.3. The lowest BCUT2D eigenvalue weighted by Crippen LogP contribution is -2.42. The van der Waals surface area contributed by atoms with Crippen LogP contribution < -0.4 is 5.32 Å². The molecular formula is C16H24N2O2. The van der Waals surface area contributed by atoms with Crippen molar-refractivity contribution >= 4 is 5.91 Å². The third-order valence-corrected chi connectivity index (χ3v) is 4.51. The molecule has 4 heteroatoms. The van der Waals surface area contributed by atoms with Gasteiger partial charge in [-0.2, -0.15) is 0 Å². The molecule has 1 saturated carbocycles. The molecule has 2 N–H and O–H groups in total. The van der Waals surface area contributed by atoms with E-state index in [1.807, 2.05) is 19.0 Å². The van der Waals surface area contributed by atoms with E-state index in [9.17, 15) is 9.90 Å². The summed E-state index contributed by atoms with van der Waals surface area (Å²) in [6.45, 7) is 1.79. The molecule has 1 aromatic rings. The van der Waals surface area contributed by atoms with Gasteiger partial charge in [0.15, 0.2) is 0 Å². The second kappa shape index (κ2) is 6.27. The van der Waals surface area contributed by atoms with E-state index >= 15 is 0 Å². The molecule has 0 aromatic heterocycles. The summed E-state index contributed by atoms with van der Waals surface area (Å²) in [5.41, 5.74) is 1.26. The Balaban J connectivity index is 2.07. The number of carbonyl (C=O) groups is 1. The predicted molar refractivity (Wildman–Crippen MR) is 80.0 cm³/mol. The Morgan fingerprint density at radius 2 is 1.95 bits per heavy atom. The minimum absolute atomic E-state index is 0.00584. The third kappa shape index (κ3) is 2.96. The molecule has 110 valence electrons. The lowest BCUT2D eigenvalue weighted by atomic mass is 9.90. The number of hydrogen-bond donors (Lipinski definition) is 2. The first-order valence-corrected chi connectivity index (χ1v) is 7.27. The van der Waals surface area contributed by atoms with Crippen molar-refractivity contribution in [1.29, 1.82) is 0 Å². The molecule has 0 heterocycles. The number of nitrogens with zero attached hydrogens (tertiary/aromatic N) is 1. The van der Waals surface area contributed by atoms with Gasteiger partial charge in [0.25, 0.3) is 5.91 Å². The Bertz CT molecular complexity index is 479. The minimum atomic E-state index is 0.00584. The van der Waals surface area contributed by atoms with E-state index in [4.69, 9.17) is 0 Å². The van der Waals surface area contributed by atoms with Crippen molar-refractivity contribution in [1.82, 2.24) is 10.2 Å². The highest BCUT2D eigenvalue weighted by Crippen LogP contribution is 2.26. The van der Waals surface area contributed by atoms with Gasteiger partial charge >= 0.3 is 0 Å². The van der Waals surface area contributed by atoms with E-state index in [2.05, 4.69) is 5.32 Å². The van der Waals surface area contributed by atoms with Crippen LogP contribution in [0.15, 0.2) is 18.2 Å². The number of rotatable bonds is 3. The molecular weight excluding hydrogens is 252 g/mol. The van der Waals surface area contributed by atoms with Crippen LogP contribution in [0, 0.1) is 6.92 Å². The number of phenolic OH excluding ortho intramolecular Hbond substituents is 1. The van der Waals surface area contributed by atoms with Gasteiger partial charge in [0.05, 0.1) is 0 Å². The molecule has 1 aliphatic carbocycles. The molecule has 1 aromatic carbocycles. The smallest absolute Gasteiger partial charge is 0.254 e. The molecule has 0 spiro atoms. The van der Waals surface area contributed by atoms with E-state index in [0.29, 0.717) is 23.2 Å². The summed E-state index contributed by atoms with van der Waals surface area (Å²) >= 11 is 0. The summed E-state index contributed by atoms with van der Waals surface area (Å²) < 4.78 is 0. The topological polar surface area (TPSA) is 52.6 Å². The number of phenols is 1. The van der Waals surface area contributed by atoms with Crippen LogP contribution in [0.1, 0.15) is 41.6 Å². The minimum Gasteiger partial charge on any atom is -0.508 e. The third-order valence-electron chi connectivity index (χ3n) is 4.51. The van der Waals surface area contributed by atoms with Crippen LogP contribution >= 0.6 is 0 Å². The highest BCUT2D eigenvalue weighted by Gasteiger charge is 2.27. The second-order valence-corrected chi connectivity index (χ2v) is 5.66. The zero-order valence-corrected chi connectivity index (χ0v) is 12.5. The number of benzene rings is 1. The van der Waals surface area contributed by atoms with E-state index in [0.717, 1.165) is 25.7 Å². The number of aromatic hydroxyl groups is 1. The zero-order chi connectivity index (χ0) is 14.7. The van der Waals surface area contributed by atoms with E-state index in [-0.39, 0.29) is 11.7 Å². The molecule has 0 atom stereocenters. The Morgan fingerprint density at radius 3 is 2.55 bits per heavy atom. The standard InChI is InChI=1S/C16H24N2O2/c1-11-14(5-4-6-15(11)19)16(20)18(3)13-9-7-12(17-2)8-10-13/h4-6,12-13,17,19H,7-10H2,1-3H3. The first-order valence-electron chi connectivity index (χ1n) is 7.27. The van der Waals surface area contributed by atoms with Crippen LogP contribution in [-0.4, -0.2) is 42.1 Å². The number of hydrogen-bond acceptors (Lipinski definition) is 3. The summed E-state index contributed by atoms with van der Waals surface area (Å²) in [7, 11) is 3.87. The number of amides is 1. The van der Waals surface area contributed by atoms with Gasteiger partial charge in [0.1, 0.15) is 5.75 Å². The van der Waals surface area contributed by atoms with Gasteiger partial charge in [0, 0.05) is 30.3 Å². The van der Waals surface area contributed by atoms with Gasteiger partial charge < -0.3 is 15.3 Å². The molecule has 1 amide bonds. The second-order valence-electron chi connectivity index (χ2n) is 5.66. The maximum Gasteiger partial charge on any atom is 0.254 e. The summed E-state index contributed by atoms with van der Waals surface area (Å²) in [6.07, 6.45) is 4.28. The lowest BCUT2D eigenvalue weighted by Gasteiger charge is -2.34. The van der Waals surface area contributed by atoms with Crippen LogP contribution in [0.5, 0.6) is 5.75 Å². The van der Waals surface area contributed by atoms with Gasteiger partial charge in [-0.15, -0.1) is 0 Å². The van der Waals surface area contributed by atoms with Crippen LogP contribution in [0.25, 0.3) is 0 Å². The molecule has 0 radical (unpaired) electrons. The quantitative estimate of drug-likeness (QED) is 0.890. The van der Waals surface area contributed by atoms with Gasteiger partial charge in [-0.3, -0.25) is 4.79 Å². The maximum absolute atomic E-state index is 12.6. The van der Waals surface area contributed by atoms with Crippen molar-refractivity contribution in [2.24, 2.45) is 0 Å². The van der Waals surface area contributed by atoms with Crippen molar-refractivity contribution in [2.75, 3.05) is 14.1 Å². The number of nitrogens with one attached hydrogen (secondary N) is 1. The Hall–Kier alpha value is -1.55. The molecule has 20 heavy (non-hydrogen) atoms. The fraction of sp³-hybridized carbons (Fsp3) is 0.562. The van der Waals surface area contributed by atoms with Crippen molar-refractivity contribution in [2.45, 2.75) is 44.7 Å². The molecule has 2 rings (SSSR count).